The Labute approximate surface area is 296 Å². The Bertz CT molecular complexity index is 1140. The first-order valence-corrected chi connectivity index (χ1v) is 19.2. The highest BCUT2D eigenvalue weighted by Crippen LogP contribution is 2.18. The normalized spacial score (nSPS) is 17.4. The zero-order valence-corrected chi connectivity index (χ0v) is 30.9. The maximum atomic E-state index is 13.5. The van der Waals surface area contributed by atoms with Gasteiger partial charge in [-0.2, -0.15) is 23.5 Å². The summed E-state index contributed by atoms with van der Waals surface area (Å²) >= 11 is 2.88. The van der Waals surface area contributed by atoms with Gasteiger partial charge < -0.3 is 47.4 Å². The zero-order chi connectivity index (χ0) is 37.3. The van der Waals surface area contributed by atoms with Gasteiger partial charge in [0, 0.05) is 6.54 Å². The molecule has 0 aromatic rings. The van der Waals surface area contributed by atoms with Gasteiger partial charge in [-0.3, -0.25) is 28.8 Å². The SMILES string of the molecule is CSCC[C@H](NC(=O)[C@@H](NC(=O)[C@H](CO)NC(=O)[C@H](CC(C)C)NC(=O)[C@H](CCSC)NC(=O)[C@@H]1CCCN1C(=O)CN)C(C)C)C(=O)O. The molecule has 0 bridgehead atoms. The number of nitrogens with two attached hydrogens (primary N) is 1. The topological polar surface area (TPSA) is 249 Å². The fourth-order valence-corrected chi connectivity index (χ4v) is 6.16. The fourth-order valence-electron chi connectivity index (χ4n) is 5.21. The Morgan fingerprint density at radius 2 is 1.31 bits per heavy atom. The van der Waals surface area contributed by atoms with Gasteiger partial charge in [0.25, 0.3) is 0 Å². The molecule has 1 rings (SSSR count). The molecule has 1 heterocycles. The molecule has 0 aromatic carbocycles. The molecule has 0 aromatic heterocycles. The van der Waals surface area contributed by atoms with Crippen molar-refractivity contribution in [2.24, 2.45) is 17.6 Å². The Hall–Kier alpha value is -3.09. The van der Waals surface area contributed by atoms with Crippen LogP contribution in [0.5, 0.6) is 0 Å². The molecular weight excluding hydrogens is 679 g/mol. The minimum Gasteiger partial charge on any atom is -0.480 e. The summed E-state index contributed by atoms with van der Waals surface area (Å²) in [5.41, 5.74) is 5.50. The quantitative estimate of drug-likeness (QED) is 0.0643. The number of carbonyl (C=O) groups is 7. The Morgan fingerprint density at radius 1 is 0.776 bits per heavy atom. The minimum atomic E-state index is -1.50. The molecule has 9 N–H and O–H groups in total. The summed E-state index contributed by atoms with van der Waals surface area (Å²) in [5.74, 6) is -4.64. The molecule has 49 heavy (non-hydrogen) atoms. The van der Waals surface area contributed by atoms with Gasteiger partial charge in [-0.05, 0) is 68.0 Å². The standard InChI is InChI=1S/C31H55N7O9S2/c1-17(2)14-21(35-26(41)19(9-12-48-5)33-29(44)23-8-7-11-38(23)24(40)15-32)27(42)36-22(16-39)28(43)37-25(18(3)4)30(45)34-20(31(46)47)10-13-49-6/h17-23,25,39H,7-16,32H2,1-6H3,(H,33,44)(H,34,45)(H,35,41)(H,36,42)(H,37,43)(H,46,47)/t19-,20-,21-,22-,23-,25-/m0/s1. The van der Waals surface area contributed by atoms with Crippen LogP contribution in [0.15, 0.2) is 0 Å². The number of carbonyl (C=O) groups excluding carboxylic acids is 6. The highest BCUT2D eigenvalue weighted by Gasteiger charge is 2.37. The third-order valence-corrected chi connectivity index (χ3v) is 9.21. The smallest absolute Gasteiger partial charge is 0.326 e. The van der Waals surface area contributed by atoms with E-state index in [1.54, 1.807) is 20.1 Å². The van der Waals surface area contributed by atoms with Crippen LogP contribution in [-0.4, -0.2) is 136 Å². The van der Waals surface area contributed by atoms with Crippen molar-refractivity contribution < 1.29 is 43.8 Å². The van der Waals surface area contributed by atoms with Gasteiger partial charge in [-0.15, -0.1) is 0 Å². The number of likely N-dealkylation sites (tertiary alicyclic amines) is 1. The van der Waals surface area contributed by atoms with Gasteiger partial charge in [-0.25, -0.2) is 4.79 Å². The van der Waals surface area contributed by atoms with Crippen molar-refractivity contribution in [3.63, 3.8) is 0 Å². The predicted molar refractivity (Wildman–Crippen MR) is 188 cm³/mol. The van der Waals surface area contributed by atoms with Gasteiger partial charge in [0.1, 0.15) is 36.3 Å². The number of aliphatic carboxylic acids is 1. The Kier molecular flexibility index (Phi) is 20.3. The molecule has 6 amide bonds. The van der Waals surface area contributed by atoms with Gasteiger partial charge in [0.15, 0.2) is 0 Å². The van der Waals surface area contributed by atoms with Crippen LogP contribution in [0.2, 0.25) is 0 Å². The van der Waals surface area contributed by atoms with Gasteiger partial charge in [0.05, 0.1) is 13.2 Å². The molecule has 1 saturated heterocycles. The van der Waals surface area contributed by atoms with Crippen molar-refractivity contribution in [2.75, 3.05) is 43.7 Å². The molecular formula is C31H55N7O9S2. The van der Waals surface area contributed by atoms with Crippen molar-refractivity contribution in [1.82, 2.24) is 31.5 Å². The van der Waals surface area contributed by atoms with E-state index in [2.05, 4.69) is 26.6 Å². The lowest BCUT2D eigenvalue weighted by Crippen LogP contribution is -2.61. The summed E-state index contributed by atoms with van der Waals surface area (Å²) in [4.78, 5) is 91.7. The third kappa shape index (κ3) is 14.7. The number of thioether (sulfide) groups is 2. The van der Waals surface area contributed by atoms with Crippen molar-refractivity contribution in [3.05, 3.63) is 0 Å². The highest BCUT2D eigenvalue weighted by atomic mass is 32.2. The van der Waals surface area contributed by atoms with Crippen LogP contribution in [0.4, 0.5) is 0 Å². The summed E-state index contributed by atoms with van der Waals surface area (Å²) < 4.78 is 0. The molecule has 0 spiro atoms. The van der Waals surface area contributed by atoms with Gasteiger partial charge in [0.2, 0.25) is 35.4 Å². The van der Waals surface area contributed by atoms with Crippen LogP contribution in [0.1, 0.15) is 59.8 Å². The first kappa shape index (κ1) is 43.9. The summed E-state index contributed by atoms with van der Waals surface area (Å²) in [5, 5.41) is 32.3. The van der Waals surface area contributed by atoms with Gasteiger partial charge >= 0.3 is 5.97 Å². The van der Waals surface area contributed by atoms with Crippen LogP contribution in [0.3, 0.4) is 0 Å². The average Bonchev–Trinajstić information content (AvgIpc) is 3.55. The largest absolute Gasteiger partial charge is 0.480 e. The lowest BCUT2D eigenvalue weighted by molar-refractivity contribution is -0.142. The summed E-state index contributed by atoms with van der Waals surface area (Å²) in [7, 11) is 0. The molecule has 1 aliphatic rings. The number of nitrogens with one attached hydrogen (secondary N) is 5. The zero-order valence-electron chi connectivity index (χ0n) is 29.3. The maximum absolute atomic E-state index is 13.5. The Morgan fingerprint density at radius 3 is 1.82 bits per heavy atom. The molecule has 0 unspecified atom stereocenters. The van der Waals surface area contributed by atoms with E-state index in [1.807, 2.05) is 20.1 Å². The highest BCUT2D eigenvalue weighted by molar-refractivity contribution is 7.98. The minimum absolute atomic E-state index is 0.0895. The van der Waals surface area contributed by atoms with Crippen molar-refractivity contribution in [3.8, 4) is 0 Å². The second kappa shape index (κ2) is 22.6. The number of aliphatic hydroxyl groups excluding tert-OH is 1. The summed E-state index contributed by atoms with van der Waals surface area (Å²) in [6.07, 6.45) is 5.26. The van der Waals surface area contributed by atoms with E-state index in [0.717, 1.165) is 0 Å². The fraction of sp³-hybridized carbons (Fsp3) is 0.774. The monoisotopic (exact) mass is 733 g/mol. The second-order valence-corrected chi connectivity index (χ2v) is 14.6. The molecule has 1 aliphatic heterocycles. The molecule has 1 fully saturated rings. The van der Waals surface area contributed by atoms with E-state index in [-0.39, 0.29) is 37.6 Å². The number of nitrogens with zero attached hydrogens (tertiary/aromatic N) is 1. The lowest BCUT2D eigenvalue weighted by Gasteiger charge is -2.29. The predicted octanol–water partition coefficient (Wildman–Crippen LogP) is -1.35. The number of hydrogen-bond donors (Lipinski definition) is 8. The van der Waals surface area contributed by atoms with Gasteiger partial charge in [-0.1, -0.05) is 27.7 Å². The molecule has 280 valence electrons. The van der Waals surface area contributed by atoms with E-state index in [0.29, 0.717) is 30.9 Å². The van der Waals surface area contributed by atoms with E-state index in [1.165, 1.54) is 28.4 Å². The summed E-state index contributed by atoms with van der Waals surface area (Å²) in [6.45, 7) is 6.26. The molecule has 0 saturated carbocycles. The van der Waals surface area contributed by atoms with E-state index in [9.17, 15) is 43.8 Å². The third-order valence-electron chi connectivity index (χ3n) is 7.92. The number of rotatable bonds is 22. The maximum Gasteiger partial charge on any atom is 0.326 e. The van der Waals surface area contributed by atoms with Crippen LogP contribution in [-0.2, 0) is 33.6 Å². The number of carboxylic acids is 1. The molecule has 16 nitrogen and oxygen atoms in total. The number of aliphatic hydroxyl groups is 1. The first-order chi connectivity index (χ1) is 23.1. The first-order valence-electron chi connectivity index (χ1n) is 16.4. The van der Waals surface area contributed by atoms with Crippen LogP contribution in [0.25, 0.3) is 0 Å². The molecule has 18 heteroatoms. The summed E-state index contributed by atoms with van der Waals surface area (Å²) in [6, 6.07) is -6.77. The second-order valence-electron chi connectivity index (χ2n) is 12.6. The van der Waals surface area contributed by atoms with Crippen molar-refractivity contribution >= 4 is 64.9 Å². The Balaban J connectivity index is 3.08. The number of amides is 6. The average molecular weight is 734 g/mol. The van der Waals surface area contributed by atoms with Crippen LogP contribution >= 0.6 is 23.5 Å². The number of carboxylic acid groups (broad SMARTS) is 1. The van der Waals surface area contributed by atoms with Crippen LogP contribution < -0.4 is 32.3 Å². The van der Waals surface area contributed by atoms with E-state index < -0.39 is 84.3 Å². The molecule has 0 radical (unpaired) electrons. The molecule has 6 atom stereocenters. The molecule has 0 aliphatic carbocycles. The van der Waals surface area contributed by atoms with Crippen molar-refractivity contribution in [2.45, 2.75) is 96.1 Å². The van der Waals surface area contributed by atoms with E-state index in [4.69, 9.17) is 5.73 Å². The lowest BCUT2D eigenvalue weighted by atomic mass is 10.0. The van der Waals surface area contributed by atoms with Crippen molar-refractivity contribution in [1.29, 1.82) is 0 Å². The van der Waals surface area contributed by atoms with Crippen LogP contribution in [0, 0.1) is 11.8 Å². The van der Waals surface area contributed by atoms with E-state index >= 15 is 0 Å². The number of hydrogen-bond acceptors (Lipinski definition) is 11.